The normalized spacial score (nSPS) is 23.6. The molecule has 0 radical (unpaired) electrons. The number of carbonyl (C=O) groups is 1. The van der Waals surface area contributed by atoms with Crippen LogP contribution in [0.3, 0.4) is 0 Å². The first-order valence-corrected chi connectivity index (χ1v) is 9.76. The van der Waals surface area contributed by atoms with Gasteiger partial charge >= 0.3 is 0 Å². The van der Waals surface area contributed by atoms with Crippen molar-refractivity contribution in [3.63, 3.8) is 0 Å². The lowest BCUT2D eigenvalue weighted by molar-refractivity contribution is -0.137. The van der Waals surface area contributed by atoms with Crippen LogP contribution in [0, 0.1) is 11.8 Å². The van der Waals surface area contributed by atoms with Gasteiger partial charge in [0, 0.05) is 32.1 Å². The summed E-state index contributed by atoms with van der Waals surface area (Å²) in [5, 5.41) is 10.4. The summed E-state index contributed by atoms with van der Waals surface area (Å²) < 4.78 is 0. The van der Waals surface area contributed by atoms with Gasteiger partial charge in [-0.15, -0.1) is 0 Å². The van der Waals surface area contributed by atoms with Gasteiger partial charge in [-0.3, -0.25) is 4.79 Å². The lowest BCUT2D eigenvalue weighted by Gasteiger charge is -2.36. The van der Waals surface area contributed by atoms with E-state index in [1.54, 1.807) is 0 Å². The predicted molar refractivity (Wildman–Crippen MR) is 97.9 cm³/mol. The summed E-state index contributed by atoms with van der Waals surface area (Å²) in [4.78, 5) is 19.0. The summed E-state index contributed by atoms with van der Waals surface area (Å²) in [7, 11) is 1.91. The summed E-state index contributed by atoms with van der Waals surface area (Å²) in [6, 6.07) is 0.268. The van der Waals surface area contributed by atoms with E-state index in [1.165, 1.54) is 12.8 Å². The van der Waals surface area contributed by atoms with Crippen molar-refractivity contribution in [1.82, 2.24) is 14.7 Å². The number of likely N-dealkylation sites (tertiary alicyclic amines) is 2. The number of hydrogen-bond donors (Lipinski definition) is 1. The van der Waals surface area contributed by atoms with E-state index < -0.39 is 0 Å². The topological polar surface area (TPSA) is 47.0 Å². The van der Waals surface area contributed by atoms with E-state index in [4.69, 9.17) is 0 Å². The smallest absolute Gasteiger partial charge is 0.225 e. The van der Waals surface area contributed by atoms with Crippen LogP contribution < -0.4 is 0 Å². The summed E-state index contributed by atoms with van der Waals surface area (Å²) >= 11 is 0. The van der Waals surface area contributed by atoms with Crippen LogP contribution in [0.25, 0.3) is 0 Å². The Balaban J connectivity index is 1.68. The summed E-state index contributed by atoms with van der Waals surface area (Å²) in [6.07, 6.45) is 4.07. The highest BCUT2D eigenvalue weighted by molar-refractivity contribution is 5.78. The fourth-order valence-corrected chi connectivity index (χ4v) is 3.80. The van der Waals surface area contributed by atoms with Crippen molar-refractivity contribution < 1.29 is 9.90 Å². The highest BCUT2D eigenvalue weighted by Gasteiger charge is 2.29. The fraction of sp³-hybridized carbons (Fsp3) is 0.947. The lowest BCUT2D eigenvalue weighted by atomic mass is 9.94. The molecular formula is C19H37N3O2. The second kappa shape index (κ2) is 9.16. The molecule has 1 atom stereocenters. The number of aliphatic hydroxyl groups is 1. The molecule has 2 aliphatic rings. The van der Waals surface area contributed by atoms with E-state index in [0.717, 1.165) is 58.0 Å². The summed E-state index contributed by atoms with van der Waals surface area (Å²) in [6.45, 7) is 12.1. The molecule has 0 bridgehead atoms. The monoisotopic (exact) mass is 339 g/mol. The standard InChI is InChI=1S/C19H37N3O2/c1-15(2)20(4)19(24)17-7-11-22(12-8-17)14-18(23)13-21-9-5-16(3)6-10-21/h15-18,23H,5-14H2,1-4H3. The van der Waals surface area contributed by atoms with Crippen LogP contribution in [0.5, 0.6) is 0 Å². The average molecular weight is 340 g/mol. The van der Waals surface area contributed by atoms with Gasteiger partial charge in [-0.1, -0.05) is 6.92 Å². The number of aliphatic hydroxyl groups excluding tert-OH is 1. The molecule has 2 rings (SSSR count). The van der Waals surface area contributed by atoms with Crippen molar-refractivity contribution in [3.8, 4) is 0 Å². The molecule has 0 aliphatic carbocycles. The lowest BCUT2D eigenvalue weighted by Crippen LogP contribution is -2.47. The second-order valence-electron chi connectivity index (χ2n) is 8.25. The van der Waals surface area contributed by atoms with Gasteiger partial charge in [-0.2, -0.15) is 0 Å². The van der Waals surface area contributed by atoms with Gasteiger partial charge in [-0.05, 0) is 71.6 Å². The van der Waals surface area contributed by atoms with E-state index >= 15 is 0 Å². The molecule has 2 fully saturated rings. The number of nitrogens with zero attached hydrogens (tertiary/aromatic N) is 3. The van der Waals surface area contributed by atoms with Crippen molar-refractivity contribution in [2.75, 3.05) is 46.3 Å². The number of carbonyl (C=O) groups excluding carboxylic acids is 1. The molecule has 2 aliphatic heterocycles. The van der Waals surface area contributed by atoms with Crippen molar-refractivity contribution >= 4 is 5.91 Å². The minimum atomic E-state index is -0.274. The predicted octanol–water partition coefficient (Wildman–Crippen LogP) is 1.66. The quantitative estimate of drug-likeness (QED) is 0.799. The van der Waals surface area contributed by atoms with Gasteiger partial charge in [0.15, 0.2) is 0 Å². The first-order chi connectivity index (χ1) is 11.4. The molecule has 0 aromatic rings. The highest BCUT2D eigenvalue weighted by atomic mass is 16.3. The van der Waals surface area contributed by atoms with Crippen molar-refractivity contribution in [1.29, 1.82) is 0 Å². The Hall–Kier alpha value is -0.650. The molecule has 140 valence electrons. The Morgan fingerprint density at radius 3 is 1.96 bits per heavy atom. The molecule has 0 spiro atoms. The first kappa shape index (κ1) is 19.7. The number of piperidine rings is 2. The Labute approximate surface area is 148 Å². The van der Waals surface area contributed by atoms with Gasteiger partial charge in [0.25, 0.3) is 0 Å². The molecule has 1 N–H and O–H groups in total. The molecule has 24 heavy (non-hydrogen) atoms. The second-order valence-corrected chi connectivity index (χ2v) is 8.25. The molecule has 2 heterocycles. The maximum Gasteiger partial charge on any atom is 0.225 e. The first-order valence-electron chi connectivity index (χ1n) is 9.76. The molecule has 0 saturated carbocycles. The third kappa shape index (κ3) is 5.71. The number of amides is 1. The number of rotatable bonds is 6. The van der Waals surface area contributed by atoms with Gasteiger partial charge in [-0.25, -0.2) is 0 Å². The molecule has 1 unspecified atom stereocenters. The SMILES string of the molecule is CC1CCN(CC(O)CN2CCC(C(=O)N(C)C(C)C)CC2)CC1. The third-order valence-corrected chi connectivity index (χ3v) is 5.87. The van der Waals surface area contributed by atoms with E-state index in [-0.39, 0.29) is 24.0 Å². The molecule has 0 aromatic heterocycles. The molecule has 2 saturated heterocycles. The van der Waals surface area contributed by atoms with Crippen molar-refractivity contribution in [3.05, 3.63) is 0 Å². The largest absolute Gasteiger partial charge is 0.390 e. The van der Waals surface area contributed by atoms with E-state index in [0.29, 0.717) is 0 Å². The van der Waals surface area contributed by atoms with Crippen LogP contribution in [0.2, 0.25) is 0 Å². The Morgan fingerprint density at radius 1 is 1.04 bits per heavy atom. The minimum absolute atomic E-state index is 0.161. The number of β-amino-alcohol motifs (C(OH)–C–C–N with tert-alkyl or cyclic N) is 1. The van der Waals surface area contributed by atoms with Crippen molar-refractivity contribution in [2.24, 2.45) is 11.8 Å². The van der Waals surface area contributed by atoms with Crippen molar-refractivity contribution in [2.45, 2.75) is 58.6 Å². The average Bonchev–Trinajstić information content (AvgIpc) is 2.56. The Kier molecular flexibility index (Phi) is 7.51. The zero-order valence-electron chi connectivity index (χ0n) is 16.1. The number of hydrogen-bond acceptors (Lipinski definition) is 4. The third-order valence-electron chi connectivity index (χ3n) is 5.87. The van der Waals surface area contributed by atoms with E-state index in [9.17, 15) is 9.90 Å². The van der Waals surface area contributed by atoms with Gasteiger partial charge < -0.3 is 19.8 Å². The highest BCUT2D eigenvalue weighted by Crippen LogP contribution is 2.21. The Morgan fingerprint density at radius 2 is 1.50 bits per heavy atom. The zero-order valence-corrected chi connectivity index (χ0v) is 16.1. The van der Waals surface area contributed by atoms with Gasteiger partial charge in [0.05, 0.1) is 6.10 Å². The van der Waals surface area contributed by atoms with Gasteiger partial charge in [0.2, 0.25) is 5.91 Å². The molecule has 5 nitrogen and oxygen atoms in total. The van der Waals surface area contributed by atoms with E-state index in [1.807, 2.05) is 11.9 Å². The molecule has 1 amide bonds. The van der Waals surface area contributed by atoms with Crippen LogP contribution in [0.4, 0.5) is 0 Å². The molecule has 5 heteroatoms. The van der Waals surface area contributed by atoms with Gasteiger partial charge in [0.1, 0.15) is 0 Å². The van der Waals surface area contributed by atoms with Crippen LogP contribution in [0.1, 0.15) is 46.5 Å². The Bertz CT molecular complexity index is 386. The van der Waals surface area contributed by atoms with Crippen LogP contribution in [-0.4, -0.2) is 84.2 Å². The van der Waals surface area contributed by atoms with Crippen LogP contribution in [0.15, 0.2) is 0 Å². The zero-order chi connectivity index (χ0) is 17.7. The summed E-state index contributed by atoms with van der Waals surface area (Å²) in [5.41, 5.74) is 0. The molecular weight excluding hydrogens is 302 g/mol. The summed E-state index contributed by atoms with van der Waals surface area (Å²) in [5.74, 6) is 1.28. The van der Waals surface area contributed by atoms with E-state index in [2.05, 4.69) is 30.6 Å². The maximum atomic E-state index is 12.4. The fourth-order valence-electron chi connectivity index (χ4n) is 3.80. The maximum absolute atomic E-state index is 12.4. The van der Waals surface area contributed by atoms with Crippen LogP contribution >= 0.6 is 0 Å². The minimum Gasteiger partial charge on any atom is -0.390 e. The molecule has 0 aromatic carbocycles. The van der Waals surface area contributed by atoms with Crippen LogP contribution in [-0.2, 0) is 4.79 Å².